The number of amides is 1. The van der Waals surface area contributed by atoms with E-state index >= 15 is 0 Å². The Balaban J connectivity index is 2.77. The highest BCUT2D eigenvalue weighted by Gasteiger charge is 2.40. The van der Waals surface area contributed by atoms with E-state index < -0.39 is 0 Å². The van der Waals surface area contributed by atoms with Crippen molar-refractivity contribution in [1.82, 2.24) is 10.2 Å². The normalized spacial score (nSPS) is 23.7. The van der Waals surface area contributed by atoms with Crippen molar-refractivity contribution in [2.75, 3.05) is 19.8 Å². The Hall–Kier alpha value is -0.940. The third kappa shape index (κ3) is 3.29. The fourth-order valence-electron chi connectivity index (χ4n) is 2.56. The summed E-state index contributed by atoms with van der Waals surface area (Å²) < 4.78 is 0. The number of hydrogen-bond donors (Lipinski definition) is 2. The lowest BCUT2D eigenvalue weighted by atomic mass is 9.89. The molecule has 0 radical (unpaired) electrons. The first-order valence-electron chi connectivity index (χ1n) is 6.67. The van der Waals surface area contributed by atoms with Crippen molar-refractivity contribution in [3.63, 3.8) is 0 Å². The maximum atomic E-state index is 12.2. The molecule has 5 heteroatoms. The van der Waals surface area contributed by atoms with E-state index in [0.29, 0.717) is 6.54 Å². The molecule has 0 saturated carbocycles. The Morgan fingerprint density at radius 2 is 2.11 bits per heavy atom. The van der Waals surface area contributed by atoms with Gasteiger partial charge in [0.25, 0.3) is 0 Å². The summed E-state index contributed by atoms with van der Waals surface area (Å²) in [6.07, 6.45) is 1.81. The van der Waals surface area contributed by atoms with Crippen molar-refractivity contribution in [3.05, 3.63) is 0 Å². The summed E-state index contributed by atoms with van der Waals surface area (Å²) >= 11 is 0. The number of Topliss-reactive ketones (excluding diaryl/α,β-unsaturated/α-hetero) is 1. The number of likely N-dealkylation sites (tertiary alicyclic amines) is 1. The molecule has 0 aromatic carbocycles. The predicted molar refractivity (Wildman–Crippen MR) is 68.8 cm³/mol. The molecule has 2 unspecified atom stereocenters. The topological polar surface area (TPSA) is 69.6 Å². The van der Waals surface area contributed by atoms with E-state index in [1.165, 1.54) is 0 Å². The van der Waals surface area contributed by atoms with E-state index in [2.05, 4.69) is 12.2 Å². The van der Waals surface area contributed by atoms with Gasteiger partial charge in [-0.3, -0.25) is 14.9 Å². The number of ketones is 1. The maximum Gasteiger partial charge on any atom is 0.237 e. The number of aliphatic hydroxyl groups excluding tert-OH is 1. The summed E-state index contributed by atoms with van der Waals surface area (Å²) in [5.74, 6) is 0.275. The smallest absolute Gasteiger partial charge is 0.237 e. The average molecular weight is 256 g/mol. The van der Waals surface area contributed by atoms with Gasteiger partial charge < -0.3 is 10.0 Å². The van der Waals surface area contributed by atoms with Gasteiger partial charge in [0.2, 0.25) is 5.91 Å². The minimum atomic E-state index is -0.275. The Bertz CT molecular complexity index is 305. The standard InChI is InChI=1S/C13H24N2O3/c1-4-10-5-6-15(11(17)7-14-8-16)12(10)13(18)9(2)3/h9-10,12,14,16H,4-8H2,1-3H3. The van der Waals surface area contributed by atoms with Crippen LogP contribution in [0.4, 0.5) is 0 Å². The highest BCUT2D eigenvalue weighted by molar-refractivity contribution is 5.91. The lowest BCUT2D eigenvalue weighted by Crippen LogP contribution is -2.47. The van der Waals surface area contributed by atoms with Gasteiger partial charge in [0.1, 0.15) is 0 Å². The molecule has 0 aliphatic carbocycles. The lowest BCUT2D eigenvalue weighted by Gasteiger charge is -2.28. The largest absolute Gasteiger partial charge is 0.381 e. The van der Waals surface area contributed by atoms with Gasteiger partial charge in [0, 0.05) is 12.5 Å². The van der Waals surface area contributed by atoms with Crippen LogP contribution in [0.3, 0.4) is 0 Å². The number of aliphatic hydroxyl groups is 1. The molecular formula is C13H24N2O3. The SMILES string of the molecule is CCC1CCN(C(=O)CNCO)C1C(=O)C(C)C. The van der Waals surface area contributed by atoms with E-state index in [4.69, 9.17) is 5.11 Å². The predicted octanol–water partition coefficient (Wildman–Crippen LogP) is 0.378. The van der Waals surface area contributed by atoms with Crippen LogP contribution in [0, 0.1) is 11.8 Å². The Kier molecular flexibility index (Phi) is 5.75. The van der Waals surface area contributed by atoms with Crippen LogP contribution in [0.25, 0.3) is 0 Å². The summed E-state index contributed by atoms with van der Waals surface area (Å²) in [7, 11) is 0. The summed E-state index contributed by atoms with van der Waals surface area (Å²) in [5, 5.41) is 11.3. The summed E-state index contributed by atoms with van der Waals surface area (Å²) in [4.78, 5) is 25.9. The van der Waals surface area contributed by atoms with Crippen LogP contribution in [0.1, 0.15) is 33.6 Å². The third-order valence-electron chi connectivity index (χ3n) is 3.62. The van der Waals surface area contributed by atoms with E-state index in [9.17, 15) is 9.59 Å². The van der Waals surface area contributed by atoms with Crippen molar-refractivity contribution in [3.8, 4) is 0 Å². The van der Waals surface area contributed by atoms with Crippen molar-refractivity contribution in [2.24, 2.45) is 11.8 Å². The number of rotatable bonds is 6. The van der Waals surface area contributed by atoms with E-state index in [-0.39, 0.29) is 42.8 Å². The van der Waals surface area contributed by atoms with Gasteiger partial charge in [-0.2, -0.15) is 0 Å². The third-order valence-corrected chi connectivity index (χ3v) is 3.62. The average Bonchev–Trinajstić information content (AvgIpc) is 2.78. The first kappa shape index (κ1) is 15.1. The van der Waals surface area contributed by atoms with E-state index in [1.54, 1.807) is 4.90 Å². The Labute approximate surface area is 109 Å². The Morgan fingerprint density at radius 3 is 2.61 bits per heavy atom. The van der Waals surface area contributed by atoms with Gasteiger partial charge in [0.15, 0.2) is 5.78 Å². The van der Waals surface area contributed by atoms with Crippen molar-refractivity contribution < 1.29 is 14.7 Å². The molecule has 0 aromatic heterocycles. The van der Waals surface area contributed by atoms with E-state index in [0.717, 1.165) is 12.8 Å². The molecule has 1 heterocycles. The molecule has 1 fully saturated rings. The van der Waals surface area contributed by atoms with Crippen LogP contribution in [-0.2, 0) is 9.59 Å². The summed E-state index contributed by atoms with van der Waals surface area (Å²) in [6.45, 7) is 6.33. The van der Waals surface area contributed by atoms with Gasteiger partial charge in [-0.15, -0.1) is 0 Å². The molecule has 5 nitrogen and oxygen atoms in total. The second-order valence-corrected chi connectivity index (χ2v) is 5.13. The zero-order chi connectivity index (χ0) is 13.7. The molecule has 1 saturated heterocycles. The van der Waals surface area contributed by atoms with Gasteiger partial charge in [-0.05, 0) is 12.3 Å². The molecule has 2 N–H and O–H groups in total. The molecule has 0 spiro atoms. The molecule has 0 aromatic rings. The summed E-state index contributed by atoms with van der Waals surface area (Å²) in [5.41, 5.74) is 0. The van der Waals surface area contributed by atoms with Crippen LogP contribution in [-0.4, -0.2) is 47.6 Å². The molecule has 1 aliphatic rings. The van der Waals surface area contributed by atoms with E-state index in [1.807, 2.05) is 13.8 Å². The zero-order valence-electron chi connectivity index (χ0n) is 11.5. The van der Waals surface area contributed by atoms with Gasteiger partial charge in [-0.25, -0.2) is 0 Å². The number of nitrogens with zero attached hydrogens (tertiary/aromatic N) is 1. The second-order valence-electron chi connectivity index (χ2n) is 5.13. The van der Waals surface area contributed by atoms with Crippen molar-refractivity contribution in [2.45, 2.75) is 39.7 Å². The van der Waals surface area contributed by atoms with Crippen LogP contribution < -0.4 is 5.32 Å². The number of nitrogens with one attached hydrogen (secondary N) is 1. The second kappa shape index (κ2) is 6.85. The van der Waals surface area contributed by atoms with Crippen LogP contribution in [0.15, 0.2) is 0 Å². The van der Waals surface area contributed by atoms with Gasteiger partial charge >= 0.3 is 0 Å². The maximum absolute atomic E-state index is 12.2. The molecule has 1 rings (SSSR count). The van der Waals surface area contributed by atoms with Gasteiger partial charge in [-0.1, -0.05) is 27.2 Å². The zero-order valence-corrected chi connectivity index (χ0v) is 11.5. The molecular weight excluding hydrogens is 232 g/mol. The minimum absolute atomic E-state index is 0.0525. The highest BCUT2D eigenvalue weighted by Crippen LogP contribution is 2.29. The van der Waals surface area contributed by atoms with Gasteiger partial charge in [0.05, 0.1) is 19.3 Å². The molecule has 104 valence electrons. The molecule has 1 amide bonds. The molecule has 18 heavy (non-hydrogen) atoms. The molecule has 1 aliphatic heterocycles. The number of hydrogen-bond acceptors (Lipinski definition) is 4. The highest BCUT2D eigenvalue weighted by atomic mass is 16.3. The number of carbonyl (C=O) groups excluding carboxylic acids is 2. The fraction of sp³-hybridized carbons (Fsp3) is 0.846. The van der Waals surface area contributed by atoms with Crippen LogP contribution >= 0.6 is 0 Å². The van der Waals surface area contributed by atoms with Crippen LogP contribution in [0.2, 0.25) is 0 Å². The van der Waals surface area contributed by atoms with Crippen LogP contribution in [0.5, 0.6) is 0 Å². The first-order valence-corrected chi connectivity index (χ1v) is 6.67. The monoisotopic (exact) mass is 256 g/mol. The van der Waals surface area contributed by atoms with Crippen molar-refractivity contribution >= 4 is 11.7 Å². The quantitative estimate of drug-likeness (QED) is 0.674. The fourth-order valence-corrected chi connectivity index (χ4v) is 2.56. The van der Waals surface area contributed by atoms with Crippen molar-refractivity contribution in [1.29, 1.82) is 0 Å². The number of carbonyl (C=O) groups is 2. The molecule has 2 atom stereocenters. The lowest BCUT2D eigenvalue weighted by molar-refractivity contribution is -0.139. The molecule has 0 bridgehead atoms. The minimum Gasteiger partial charge on any atom is -0.381 e. The Morgan fingerprint density at radius 1 is 1.44 bits per heavy atom. The summed E-state index contributed by atoms with van der Waals surface area (Å²) in [6, 6.07) is -0.275. The first-order chi connectivity index (χ1) is 8.52.